The third kappa shape index (κ3) is 3.75. The van der Waals surface area contributed by atoms with Gasteiger partial charge in [0.1, 0.15) is 12.4 Å². The van der Waals surface area contributed by atoms with E-state index in [1.807, 2.05) is 16.8 Å². The first-order valence-corrected chi connectivity index (χ1v) is 7.64. The monoisotopic (exact) mass is 357 g/mol. The number of aryl methyl sites for hydroxylation is 1. The van der Waals surface area contributed by atoms with Crippen LogP contribution in [0.15, 0.2) is 34.9 Å². The van der Waals surface area contributed by atoms with Crippen LogP contribution in [-0.2, 0) is 6.54 Å². The lowest BCUT2D eigenvalue weighted by atomic mass is 10.2. The summed E-state index contributed by atoms with van der Waals surface area (Å²) in [7, 11) is 0. The first-order chi connectivity index (χ1) is 9.61. The Morgan fingerprint density at radius 1 is 1.50 bits per heavy atom. The van der Waals surface area contributed by atoms with Crippen LogP contribution in [0.25, 0.3) is 0 Å². The van der Waals surface area contributed by atoms with Crippen LogP contribution in [0.5, 0.6) is 5.75 Å². The van der Waals surface area contributed by atoms with Crippen LogP contribution < -0.4 is 10.5 Å². The number of hydrogen-bond acceptors (Lipinski definition) is 3. The van der Waals surface area contributed by atoms with E-state index in [2.05, 4.69) is 28.0 Å². The molecule has 0 saturated heterocycles. The van der Waals surface area contributed by atoms with Crippen molar-refractivity contribution in [2.24, 2.45) is 5.73 Å². The molecule has 0 fully saturated rings. The van der Waals surface area contributed by atoms with Crippen LogP contribution in [0.3, 0.4) is 0 Å². The molecule has 0 radical (unpaired) electrons. The van der Waals surface area contributed by atoms with Crippen molar-refractivity contribution in [2.45, 2.75) is 25.9 Å². The van der Waals surface area contributed by atoms with Gasteiger partial charge >= 0.3 is 0 Å². The Morgan fingerprint density at radius 3 is 3.00 bits per heavy atom. The summed E-state index contributed by atoms with van der Waals surface area (Å²) in [5, 5.41) is 4.96. The summed E-state index contributed by atoms with van der Waals surface area (Å²) in [6.45, 7) is 3.31. The highest BCUT2D eigenvalue weighted by Gasteiger charge is 2.17. The quantitative estimate of drug-likeness (QED) is 0.855. The summed E-state index contributed by atoms with van der Waals surface area (Å²) in [5.41, 5.74) is 7.16. The molecule has 2 N–H and O–H groups in total. The molecule has 1 unspecified atom stereocenters. The Morgan fingerprint density at radius 2 is 2.30 bits per heavy atom. The van der Waals surface area contributed by atoms with Crippen molar-refractivity contribution in [3.8, 4) is 5.75 Å². The fraction of sp³-hybridized carbons (Fsp3) is 0.357. The highest BCUT2D eigenvalue weighted by molar-refractivity contribution is 9.10. The lowest BCUT2D eigenvalue weighted by Crippen LogP contribution is -2.23. The minimum absolute atomic E-state index is 0.252. The number of benzene rings is 1. The summed E-state index contributed by atoms with van der Waals surface area (Å²) in [5.74, 6) is 0.714. The van der Waals surface area contributed by atoms with Crippen molar-refractivity contribution in [1.29, 1.82) is 0 Å². The van der Waals surface area contributed by atoms with E-state index in [-0.39, 0.29) is 6.04 Å². The van der Waals surface area contributed by atoms with Crippen LogP contribution in [0, 0.1) is 0 Å². The molecule has 0 aliphatic carbocycles. The molecule has 0 saturated carbocycles. The van der Waals surface area contributed by atoms with Crippen molar-refractivity contribution in [2.75, 3.05) is 6.61 Å². The van der Waals surface area contributed by atoms with Crippen molar-refractivity contribution in [3.05, 3.63) is 45.7 Å². The maximum atomic E-state index is 6.21. The number of rotatable bonds is 6. The molecule has 0 bridgehead atoms. The van der Waals surface area contributed by atoms with Crippen molar-refractivity contribution in [3.63, 3.8) is 0 Å². The van der Waals surface area contributed by atoms with Gasteiger partial charge in [-0.3, -0.25) is 4.68 Å². The third-order valence-electron chi connectivity index (χ3n) is 2.85. The highest BCUT2D eigenvalue weighted by atomic mass is 79.9. The van der Waals surface area contributed by atoms with E-state index in [1.54, 1.807) is 18.3 Å². The van der Waals surface area contributed by atoms with E-state index in [0.29, 0.717) is 17.4 Å². The van der Waals surface area contributed by atoms with E-state index in [4.69, 9.17) is 22.1 Å². The van der Waals surface area contributed by atoms with Crippen molar-refractivity contribution >= 4 is 27.5 Å². The SMILES string of the molecule is CCCn1ncc(Br)c1C(N)COc1cccc(Cl)c1. The van der Waals surface area contributed by atoms with Gasteiger partial charge in [0.15, 0.2) is 0 Å². The van der Waals surface area contributed by atoms with Gasteiger partial charge in [0.05, 0.1) is 22.4 Å². The molecule has 0 aliphatic heterocycles. The normalized spacial score (nSPS) is 12.4. The fourth-order valence-corrected chi connectivity index (χ4v) is 2.72. The second kappa shape index (κ2) is 7.11. The summed E-state index contributed by atoms with van der Waals surface area (Å²) in [6.07, 6.45) is 2.77. The maximum Gasteiger partial charge on any atom is 0.120 e. The summed E-state index contributed by atoms with van der Waals surface area (Å²) in [4.78, 5) is 0. The lowest BCUT2D eigenvalue weighted by Gasteiger charge is -2.16. The highest BCUT2D eigenvalue weighted by Crippen LogP contribution is 2.24. The van der Waals surface area contributed by atoms with Crippen molar-refractivity contribution < 1.29 is 4.74 Å². The van der Waals surface area contributed by atoms with E-state index >= 15 is 0 Å². The van der Waals surface area contributed by atoms with Gasteiger partial charge < -0.3 is 10.5 Å². The molecule has 20 heavy (non-hydrogen) atoms. The van der Waals surface area contributed by atoms with Gasteiger partial charge in [-0.15, -0.1) is 0 Å². The largest absolute Gasteiger partial charge is 0.492 e. The predicted octanol–water partition coefficient (Wildman–Crippen LogP) is 3.79. The van der Waals surface area contributed by atoms with Gasteiger partial charge in [-0.25, -0.2) is 0 Å². The molecule has 6 heteroatoms. The Balaban J connectivity index is 2.05. The first kappa shape index (κ1) is 15.4. The van der Waals surface area contributed by atoms with Crippen LogP contribution in [0.1, 0.15) is 25.1 Å². The Bertz CT molecular complexity index is 573. The molecule has 1 atom stereocenters. The average molecular weight is 359 g/mol. The maximum absolute atomic E-state index is 6.21. The summed E-state index contributed by atoms with van der Waals surface area (Å²) < 4.78 is 8.51. The Hall–Kier alpha value is -1.04. The number of nitrogens with two attached hydrogens (primary N) is 1. The van der Waals surface area contributed by atoms with Crippen LogP contribution >= 0.6 is 27.5 Å². The third-order valence-corrected chi connectivity index (χ3v) is 3.69. The van der Waals surface area contributed by atoms with E-state index in [9.17, 15) is 0 Å². The van der Waals surface area contributed by atoms with E-state index < -0.39 is 0 Å². The van der Waals surface area contributed by atoms with Gasteiger partial charge in [0.25, 0.3) is 0 Å². The zero-order chi connectivity index (χ0) is 14.5. The Kier molecular flexibility index (Phi) is 5.46. The second-order valence-electron chi connectivity index (χ2n) is 4.48. The van der Waals surface area contributed by atoms with Gasteiger partial charge in [-0.2, -0.15) is 5.10 Å². The fourth-order valence-electron chi connectivity index (χ4n) is 1.95. The van der Waals surface area contributed by atoms with E-state index in [0.717, 1.165) is 23.1 Å². The average Bonchev–Trinajstić information content (AvgIpc) is 2.78. The molecule has 1 aromatic carbocycles. The standard InChI is InChI=1S/C14H17BrClN3O/c1-2-6-19-14(12(15)8-18-19)13(17)9-20-11-5-3-4-10(16)7-11/h3-5,7-8,13H,2,6,9,17H2,1H3. The zero-order valence-corrected chi connectivity index (χ0v) is 13.6. The molecule has 0 amide bonds. The van der Waals surface area contributed by atoms with Crippen LogP contribution in [0.2, 0.25) is 5.02 Å². The zero-order valence-electron chi connectivity index (χ0n) is 11.2. The number of ether oxygens (including phenoxy) is 1. The molecule has 108 valence electrons. The van der Waals surface area contributed by atoms with Gasteiger partial charge in [-0.1, -0.05) is 24.6 Å². The van der Waals surface area contributed by atoms with Crippen LogP contribution in [-0.4, -0.2) is 16.4 Å². The predicted molar refractivity (Wildman–Crippen MR) is 84.1 cm³/mol. The lowest BCUT2D eigenvalue weighted by molar-refractivity contribution is 0.283. The smallest absolute Gasteiger partial charge is 0.120 e. The Labute approximate surface area is 132 Å². The molecule has 1 aromatic heterocycles. The molecule has 1 heterocycles. The van der Waals surface area contributed by atoms with Gasteiger partial charge in [0.2, 0.25) is 0 Å². The molecular formula is C14H17BrClN3O. The first-order valence-electron chi connectivity index (χ1n) is 6.47. The van der Waals surface area contributed by atoms with Crippen LogP contribution in [0.4, 0.5) is 0 Å². The molecule has 2 aromatic rings. The number of aromatic nitrogens is 2. The van der Waals surface area contributed by atoms with E-state index in [1.165, 1.54) is 0 Å². The molecule has 0 aliphatic rings. The minimum Gasteiger partial charge on any atom is -0.492 e. The number of halogens is 2. The molecule has 2 rings (SSSR count). The molecule has 4 nitrogen and oxygen atoms in total. The number of hydrogen-bond donors (Lipinski definition) is 1. The second-order valence-corrected chi connectivity index (χ2v) is 5.77. The van der Waals surface area contributed by atoms with Gasteiger partial charge in [-0.05, 0) is 40.5 Å². The number of nitrogens with zero attached hydrogens (tertiary/aromatic N) is 2. The summed E-state index contributed by atoms with van der Waals surface area (Å²) in [6, 6.07) is 7.03. The molecular weight excluding hydrogens is 342 g/mol. The topological polar surface area (TPSA) is 53.1 Å². The van der Waals surface area contributed by atoms with Gasteiger partial charge in [0, 0.05) is 11.6 Å². The minimum atomic E-state index is -0.252. The summed E-state index contributed by atoms with van der Waals surface area (Å²) >= 11 is 9.40. The van der Waals surface area contributed by atoms with Crippen molar-refractivity contribution in [1.82, 2.24) is 9.78 Å². The molecule has 0 spiro atoms.